The summed E-state index contributed by atoms with van der Waals surface area (Å²) in [5.41, 5.74) is 0.136. The summed E-state index contributed by atoms with van der Waals surface area (Å²) in [6, 6.07) is 0. The van der Waals surface area contributed by atoms with Gasteiger partial charge in [0.15, 0.2) is 0 Å². The molecule has 0 bridgehead atoms. The average Bonchev–Trinajstić information content (AvgIpc) is 2.53. The second kappa shape index (κ2) is 8.48. The second-order valence-corrected chi connectivity index (χ2v) is 8.65. The number of nitrogens with one attached hydrogen (secondary N) is 2. The van der Waals surface area contributed by atoms with Crippen LogP contribution >= 0.6 is 0 Å². The minimum absolute atomic E-state index is 0.136. The third-order valence-corrected chi connectivity index (χ3v) is 5.51. The van der Waals surface area contributed by atoms with Crippen LogP contribution in [0.15, 0.2) is 0 Å². The predicted molar refractivity (Wildman–Crippen MR) is 94.3 cm³/mol. The van der Waals surface area contributed by atoms with Crippen molar-refractivity contribution < 1.29 is 9.53 Å². The SMILES string of the molecule is CC(CC(=O)NCC1CCCOC1C(C)(C)C)C1CCCNC1. The largest absolute Gasteiger partial charge is 0.377 e. The lowest BCUT2D eigenvalue weighted by Gasteiger charge is -2.40. The Balaban J connectivity index is 1.76. The smallest absolute Gasteiger partial charge is 0.220 e. The summed E-state index contributed by atoms with van der Waals surface area (Å²) in [6.07, 6.45) is 5.66. The molecule has 2 aliphatic rings. The number of amides is 1. The van der Waals surface area contributed by atoms with E-state index in [-0.39, 0.29) is 17.4 Å². The van der Waals surface area contributed by atoms with Gasteiger partial charge in [0, 0.05) is 25.5 Å². The lowest BCUT2D eigenvalue weighted by atomic mass is 9.78. The monoisotopic (exact) mass is 324 g/mol. The summed E-state index contributed by atoms with van der Waals surface area (Å²) < 4.78 is 6.00. The topological polar surface area (TPSA) is 50.4 Å². The van der Waals surface area contributed by atoms with Crippen LogP contribution in [0.1, 0.15) is 59.8 Å². The third-order valence-electron chi connectivity index (χ3n) is 5.51. The molecule has 134 valence electrons. The Hall–Kier alpha value is -0.610. The fourth-order valence-corrected chi connectivity index (χ4v) is 4.15. The molecule has 2 fully saturated rings. The molecule has 2 saturated heterocycles. The first-order chi connectivity index (χ1) is 10.9. The fraction of sp³-hybridized carbons (Fsp3) is 0.947. The Morgan fingerprint density at radius 3 is 2.74 bits per heavy atom. The van der Waals surface area contributed by atoms with Crippen molar-refractivity contribution >= 4 is 5.91 Å². The van der Waals surface area contributed by atoms with E-state index in [4.69, 9.17) is 4.74 Å². The number of piperidine rings is 1. The normalized spacial score (nSPS) is 30.7. The maximum atomic E-state index is 12.3. The highest BCUT2D eigenvalue weighted by Crippen LogP contribution is 2.33. The van der Waals surface area contributed by atoms with E-state index in [0.717, 1.165) is 39.1 Å². The molecule has 0 aliphatic carbocycles. The maximum Gasteiger partial charge on any atom is 0.220 e. The van der Waals surface area contributed by atoms with Gasteiger partial charge >= 0.3 is 0 Å². The number of hydrogen-bond acceptors (Lipinski definition) is 3. The molecule has 2 rings (SSSR count). The van der Waals surface area contributed by atoms with Gasteiger partial charge in [-0.15, -0.1) is 0 Å². The highest BCUT2D eigenvalue weighted by molar-refractivity contribution is 5.76. The number of carbonyl (C=O) groups excluding carboxylic acids is 1. The Kier molecular flexibility index (Phi) is 6.90. The Morgan fingerprint density at radius 1 is 1.30 bits per heavy atom. The van der Waals surface area contributed by atoms with Crippen molar-refractivity contribution in [2.45, 2.75) is 65.9 Å². The van der Waals surface area contributed by atoms with Crippen molar-refractivity contribution in [3.8, 4) is 0 Å². The Bertz CT molecular complexity index is 372. The van der Waals surface area contributed by atoms with Gasteiger partial charge in [-0.2, -0.15) is 0 Å². The van der Waals surface area contributed by atoms with Gasteiger partial charge in [-0.25, -0.2) is 0 Å². The first-order valence-electron chi connectivity index (χ1n) is 9.47. The molecule has 0 aromatic heterocycles. The van der Waals surface area contributed by atoms with Gasteiger partial charge in [0.05, 0.1) is 6.10 Å². The van der Waals surface area contributed by atoms with Gasteiger partial charge in [0.1, 0.15) is 0 Å². The van der Waals surface area contributed by atoms with Crippen LogP contribution in [0.25, 0.3) is 0 Å². The highest BCUT2D eigenvalue weighted by Gasteiger charge is 2.35. The summed E-state index contributed by atoms with van der Waals surface area (Å²) in [4.78, 5) is 12.3. The van der Waals surface area contributed by atoms with Crippen LogP contribution < -0.4 is 10.6 Å². The van der Waals surface area contributed by atoms with Crippen molar-refractivity contribution in [2.75, 3.05) is 26.2 Å². The Morgan fingerprint density at radius 2 is 2.09 bits per heavy atom. The first-order valence-corrected chi connectivity index (χ1v) is 9.47. The molecular weight excluding hydrogens is 288 g/mol. The molecule has 0 aromatic rings. The van der Waals surface area contributed by atoms with Gasteiger partial charge in [-0.1, -0.05) is 27.7 Å². The molecule has 2 aliphatic heterocycles. The van der Waals surface area contributed by atoms with Crippen molar-refractivity contribution in [2.24, 2.45) is 23.2 Å². The molecule has 4 heteroatoms. The lowest BCUT2D eigenvalue weighted by molar-refractivity contribution is -0.124. The standard InChI is InChI=1S/C19H36N2O2/c1-14(15-7-5-9-20-12-15)11-17(22)21-13-16-8-6-10-23-18(16)19(2,3)4/h14-16,18,20H,5-13H2,1-4H3,(H,21,22). The van der Waals surface area contributed by atoms with Crippen LogP contribution in [0, 0.1) is 23.2 Å². The van der Waals surface area contributed by atoms with E-state index in [0.29, 0.717) is 24.2 Å². The Labute approximate surface area is 142 Å². The molecule has 0 radical (unpaired) electrons. The molecule has 0 saturated carbocycles. The van der Waals surface area contributed by atoms with Gasteiger partial charge < -0.3 is 15.4 Å². The minimum Gasteiger partial charge on any atom is -0.377 e. The number of carbonyl (C=O) groups is 1. The van der Waals surface area contributed by atoms with Gasteiger partial charge in [0.2, 0.25) is 5.91 Å². The van der Waals surface area contributed by atoms with E-state index in [1.54, 1.807) is 0 Å². The van der Waals surface area contributed by atoms with Crippen LogP contribution in [0.5, 0.6) is 0 Å². The molecule has 1 amide bonds. The van der Waals surface area contributed by atoms with Gasteiger partial charge in [-0.3, -0.25) is 4.79 Å². The van der Waals surface area contributed by atoms with Crippen LogP contribution in [0.2, 0.25) is 0 Å². The van der Waals surface area contributed by atoms with Crippen LogP contribution in [-0.2, 0) is 9.53 Å². The van der Waals surface area contributed by atoms with E-state index in [9.17, 15) is 4.79 Å². The zero-order valence-corrected chi connectivity index (χ0v) is 15.5. The average molecular weight is 325 g/mol. The van der Waals surface area contributed by atoms with Crippen LogP contribution in [0.4, 0.5) is 0 Å². The van der Waals surface area contributed by atoms with Crippen molar-refractivity contribution in [1.29, 1.82) is 0 Å². The fourth-order valence-electron chi connectivity index (χ4n) is 4.15. The quantitative estimate of drug-likeness (QED) is 0.817. The van der Waals surface area contributed by atoms with E-state index >= 15 is 0 Å². The van der Waals surface area contributed by atoms with Gasteiger partial charge in [0.25, 0.3) is 0 Å². The number of ether oxygens (including phenoxy) is 1. The van der Waals surface area contributed by atoms with Crippen molar-refractivity contribution in [3.05, 3.63) is 0 Å². The van der Waals surface area contributed by atoms with Crippen LogP contribution in [0.3, 0.4) is 0 Å². The molecule has 4 nitrogen and oxygen atoms in total. The highest BCUT2D eigenvalue weighted by atomic mass is 16.5. The van der Waals surface area contributed by atoms with Crippen molar-refractivity contribution in [3.63, 3.8) is 0 Å². The number of hydrogen-bond donors (Lipinski definition) is 2. The summed E-state index contributed by atoms with van der Waals surface area (Å²) in [6.45, 7) is 12.7. The molecule has 0 spiro atoms. The molecular formula is C19H36N2O2. The van der Waals surface area contributed by atoms with E-state index in [2.05, 4.69) is 38.3 Å². The van der Waals surface area contributed by atoms with E-state index in [1.165, 1.54) is 12.8 Å². The lowest BCUT2D eigenvalue weighted by Crippen LogP contribution is -2.45. The maximum absolute atomic E-state index is 12.3. The molecule has 23 heavy (non-hydrogen) atoms. The van der Waals surface area contributed by atoms with E-state index in [1.807, 2.05) is 0 Å². The molecule has 4 unspecified atom stereocenters. The zero-order chi connectivity index (χ0) is 16.9. The molecule has 4 atom stereocenters. The van der Waals surface area contributed by atoms with Gasteiger partial charge in [-0.05, 0) is 56.0 Å². The third kappa shape index (κ3) is 5.75. The molecule has 2 heterocycles. The molecule has 2 N–H and O–H groups in total. The summed E-state index contributed by atoms with van der Waals surface area (Å²) in [5.74, 6) is 1.76. The number of rotatable bonds is 5. The second-order valence-electron chi connectivity index (χ2n) is 8.65. The molecule has 0 aromatic carbocycles. The zero-order valence-electron chi connectivity index (χ0n) is 15.5. The predicted octanol–water partition coefficient (Wildman–Crippen LogP) is 2.97. The van der Waals surface area contributed by atoms with E-state index < -0.39 is 0 Å². The summed E-state index contributed by atoms with van der Waals surface area (Å²) in [5, 5.41) is 6.63. The summed E-state index contributed by atoms with van der Waals surface area (Å²) >= 11 is 0. The van der Waals surface area contributed by atoms with Crippen molar-refractivity contribution in [1.82, 2.24) is 10.6 Å². The van der Waals surface area contributed by atoms with Crippen LogP contribution in [-0.4, -0.2) is 38.3 Å². The first kappa shape index (κ1) is 18.7. The summed E-state index contributed by atoms with van der Waals surface area (Å²) in [7, 11) is 0. The minimum atomic E-state index is 0.136.